The van der Waals surface area contributed by atoms with Crippen LogP contribution in [0.3, 0.4) is 0 Å². The van der Waals surface area contributed by atoms with Gasteiger partial charge in [0.2, 0.25) is 0 Å². The van der Waals surface area contributed by atoms with Crippen molar-refractivity contribution in [3.05, 3.63) is 12.1 Å². The summed E-state index contributed by atoms with van der Waals surface area (Å²) in [5, 5.41) is 23.7. The van der Waals surface area contributed by atoms with Crippen molar-refractivity contribution in [3.63, 3.8) is 0 Å². The minimum absolute atomic E-state index is 0.0272. The van der Waals surface area contributed by atoms with E-state index in [0.717, 1.165) is 11.8 Å². The molecule has 2 aromatic heterocycles. The molecule has 0 saturated heterocycles. The summed E-state index contributed by atoms with van der Waals surface area (Å²) in [6.45, 7) is 0. The van der Waals surface area contributed by atoms with Gasteiger partial charge in [0.05, 0.1) is 5.75 Å². The second-order valence-corrected chi connectivity index (χ2v) is 3.38. The molecule has 7 nitrogen and oxygen atoms in total. The van der Waals surface area contributed by atoms with Crippen molar-refractivity contribution in [2.24, 2.45) is 0 Å². The maximum absolute atomic E-state index is 10.3. The van der Waals surface area contributed by atoms with Crippen molar-refractivity contribution in [2.75, 3.05) is 5.75 Å². The van der Waals surface area contributed by atoms with Gasteiger partial charge >= 0.3 is 5.97 Å². The maximum atomic E-state index is 10.3. The van der Waals surface area contributed by atoms with Crippen molar-refractivity contribution in [1.29, 1.82) is 0 Å². The summed E-state index contributed by atoms with van der Waals surface area (Å²) in [5.74, 6) is -0.908. The van der Waals surface area contributed by atoms with Crippen molar-refractivity contribution in [3.8, 4) is 0 Å². The van der Waals surface area contributed by atoms with E-state index in [1.807, 2.05) is 0 Å². The van der Waals surface area contributed by atoms with Gasteiger partial charge in [0.1, 0.15) is 5.03 Å². The SMILES string of the molecule is O=C(O)CSc1ccc2nnnn2n1. The van der Waals surface area contributed by atoms with Gasteiger partial charge in [-0.15, -0.1) is 14.8 Å². The number of tetrazole rings is 1. The zero-order valence-corrected chi connectivity index (χ0v) is 7.68. The summed E-state index contributed by atoms with van der Waals surface area (Å²) in [5.41, 5.74) is 0.532. The van der Waals surface area contributed by atoms with Gasteiger partial charge in [-0.25, -0.2) is 0 Å². The number of hydrogen-bond donors (Lipinski definition) is 1. The predicted molar refractivity (Wildman–Crippen MR) is 46.9 cm³/mol. The van der Waals surface area contributed by atoms with Crippen molar-refractivity contribution < 1.29 is 9.90 Å². The molecule has 0 aliphatic rings. The molecule has 0 saturated carbocycles. The molecule has 0 aromatic carbocycles. The van der Waals surface area contributed by atoms with Gasteiger partial charge in [-0.3, -0.25) is 4.79 Å². The van der Waals surface area contributed by atoms with E-state index in [-0.39, 0.29) is 5.75 Å². The third-order valence-electron chi connectivity index (χ3n) is 1.39. The number of aliphatic carboxylic acids is 1. The first-order chi connectivity index (χ1) is 6.75. The number of rotatable bonds is 3. The number of thioether (sulfide) groups is 1. The minimum Gasteiger partial charge on any atom is -0.481 e. The molecular weight excluding hydrogens is 206 g/mol. The van der Waals surface area contributed by atoms with Crippen LogP contribution in [-0.4, -0.2) is 42.1 Å². The summed E-state index contributed by atoms with van der Waals surface area (Å²) in [4.78, 5) is 10.3. The van der Waals surface area contributed by atoms with Gasteiger partial charge in [-0.2, -0.15) is 0 Å². The third-order valence-corrected chi connectivity index (χ3v) is 2.29. The Balaban J connectivity index is 2.21. The van der Waals surface area contributed by atoms with Crippen LogP contribution >= 0.6 is 11.8 Å². The largest absolute Gasteiger partial charge is 0.481 e. The molecule has 1 N–H and O–H groups in total. The number of hydrogen-bond acceptors (Lipinski definition) is 6. The predicted octanol–water partition coefficient (Wildman–Crippen LogP) is -0.304. The van der Waals surface area contributed by atoms with Crippen molar-refractivity contribution >= 4 is 23.4 Å². The van der Waals surface area contributed by atoms with E-state index >= 15 is 0 Å². The molecule has 0 atom stereocenters. The lowest BCUT2D eigenvalue weighted by molar-refractivity contribution is -0.133. The molecule has 0 aliphatic carbocycles. The summed E-state index contributed by atoms with van der Waals surface area (Å²) in [6.07, 6.45) is 0. The van der Waals surface area contributed by atoms with Crippen LogP contribution in [0, 0.1) is 0 Å². The molecule has 0 radical (unpaired) electrons. The van der Waals surface area contributed by atoms with Crippen LogP contribution in [-0.2, 0) is 4.79 Å². The summed E-state index contributed by atoms with van der Waals surface area (Å²) >= 11 is 1.12. The molecule has 72 valence electrons. The summed E-state index contributed by atoms with van der Waals surface area (Å²) in [7, 11) is 0. The Bertz CT molecular complexity index is 470. The van der Waals surface area contributed by atoms with E-state index in [0.29, 0.717) is 10.7 Å². The summed E-state index contributed by atoms with van der Waals surface area (Å²) in [6, 6.07) is 3.36. The molecule has 2 rings (SSSR count). The van der Waals surface area contributed by atoms with Gasteiger partial charge in [0.25, 0.3) is 0 Å². The first kappa shape index (κ1) is 8.88. The molecule has 2 heterocycles. The normalized spacial score (nSPS) is 10.6. The lowest BCUT2D eigenvalue weighted by atomic mass is 10.6. The van der Waals surface area contributed by atoms with E-state index < -0.39 is 5.97 Å². The molecule has 14 heavy (non-hydrogen) atoms. The molecule has 0 bridgehead atoms. The molecule has 0 amide bonds. The maximum Gasteiger partial charge on any atom is 0.313 e. The molecule has 8 heteroatoms. The highest BCUT2D eigenvalue weighted by Crippen LogP contribution is 2.13. The molecular formula is C6H5N5O2S. The number of aromatic nitrogens is 5. The number of nitrogens with zero attached hydrogens (tertiary/aromatic N) is 5. The van der Waals surface area contributed by atoms with Gasteiger partial charge in [-0.1, -0.05) is 11.8 Å². The van der Waals surface area contributed by atoms with Crippen LogP contribution in [0.1, 0.15) is 0 Å². The van der Waals surface area contributed by atoms with Gasteiger partial charge in [0.15, 0.2) is 5.65 Å². The highest BCUT2D eigenvalue weighted by Gasteiger charge is 2.03. The van der Waals surface area contributed by atoms with E-state index in [9.17, 15) is 4.79 Å². The van der Waals surface area contributed by atoms with Crippen LogP contribution < -0.4 is 0 Å². The quantitative estimate of drug-likeness (QED) is 0.696. The fourth-order valence-electron chi connectivity index (χ4n) is 0.846. The highest BCUT2D eigenvalue weighted by atomic mass is 32.2. The first-order valence-corrected chi connectivity index (χ1v) is 4.64. The summed E-state index contributed by atoms with van der Waals surface area (Å²) < 4.78 is 1.25. The van der Waals surface area contributed by atoms with Crippen molar-refractivity contribution in [2.45, 2.75) is 5.03 Å². The van der Waals surface area contributed by atoms with Crippen molar-refractivity contribution in [1.82, 2.24) is 25.3 Å². The van der Waals surface area contributed by atoms with Crippen LogP contribution in [0.5, 0.6) is 0 Å². The Kier molecular flexibility index (Phi) is 2.27. The molecule has 0 spiro atoms. The Labute approximate surface area is 82.1 Å². The lowest BCUT2D eigenvalue weighted by Crippen LogP contribution is -2.00. The monoisotopic (exact) mass is 211 g/mol. The number of carbonyl (C=O) groups is 1. The van der Waals surface area contributed by atoms with E-state index in [4.69, 9.17) is 5.11 Å². The Morgan fingerprint density at radius 2 is 2.43 bits per heavy atom. The molecule has 0 unspecified atom stereocenters. The van der Waals surface area contributed by atoms with Crippen LogP contribution in [0.15, 0.2) is 17.2 Å². The van der Waals surface area contributed by atoms with E-state index in [1.54, 1.807) is 12.1 Å². The Morgan fingerprint density at radius 3 is 3.21 bits per heavy atom. The standard InChI is InChI=1S/C6H5N5O2S/c12-6(13)3-14-5-2-1-4-7-9-10-11(4)8-5/h1-2H,3H2,(H,12,13). The smallest absolute Gasteiger partial charge is 0.313 e. The number of carboxylic acids is 1. The van der Waals surface area contributed by atoms with Crippen LogP contribution in [0.25, 0.3) is 5.65 Å². The van der Waals surface area contributed by atoms with E-state index in [2.05, 4.69) is 20.6 Å². The average molecular weight is 211 g/mol. The topological polar surface area (TPSA) is 93.3 Å². The fourth-order valence-corrected chi connectivity index (χ4v) is 1.42. The molecule has 0 aliphatic heterocycles. The zero-order chi connectivity index (χ0) is 9.97. The molecule has 2 aromatic rings. The second-order valence-electron chi connectivity index (χ2n) is 2.38. The van der Waals surface area contributed by atoms with E-state index in [1.165, 1.54) is 4.63 Å². The lowest BCUT2D eigenvalue weighted by Gasteiger charge is -1.95. The first-order valence-electron chi connectivity index (χ1n) is 3.66. The minimum atomic E-state index is -0.881. The van der Waals surface area contributed by atoms with Crippen LogP contribution in [0.4, 0.5) is 0 Å². The average Bonchev–Trinajstić information content (AvgIpc) is 2.61. The fraction of sp³-hybridized carbons (Fsp3) is 0.167. The number of carboxylic acid groups (broad SMARTS) is 1. The Hall–Kier alpha value is -1.70. The molecule has 0 fully saturated rings. The zero-order valence-electron chi connectivity index (χ0n) is 6.86. The van der Waals surface area contributed by atoms with Gasteiger partial charge in [0, 0.05) is 0 Å². The number of fused-ring (bicyclic) bond motifs is 1. The van der Waals surface area contributed by atoms with Gasteiger partial charge < -0.3 is 5.11 Å². The Morgan fingerprint density at radius 1 is 1.57 bits per heavy atom. The highest BCUT2D eigenvalue weighted by molar-refractivity contribution is 7.99. The van der Waals surface area contributed by atoms with Crippen LogP contribution in [0.2, 0.25) is 0 Å². The second kappa shape index (κ2) is 3.58. The third kappa shape index (κ3) is 1.79. The van der Waals surface area contributed by atoms with Gasteiger partial charge in [-0.05, 0) is 22.6 Å².